The summed E-state index contributed by atoms with van der Waals surface area (Å²) in [6.07, 6.45) is 0.355. The summed E-state index contributed by atoms with van der Waals surface area (Å²) in [5.74, 6) is -0.890. The highest BCUT2D eigenvalue weighted by Gasteiger charge is 2.51. The third-order valence-corrected chi connectivity index (χ3v) is 5.38. The summed E-state index contributed by atoms with van der Waals surface area (Å²) in [6.45, 7) is 1.45. The monoisotopic (exact) mass is 497 g/mol. The average molecular weight is 498 g/mol. The third kappa shape index (κ3) is 3.93. The standard InChI is InChI=1S/C19H17ClIN3O3/c1-2-19(12-6-8-13(20)9-7-12)17(26)24(18(27)23-19)11-16(25)22-15-5-3-4-14(21)10-15/h3-10H,2,11H2,1H3,(H,22,25)(H,23,27). The first-order chi connectivity index (χ1) is 12.9. The first-order valence-corrected chi connectivity index (χ1v) is 9.77. The van der Waals surface area contributed by atoms with Crippen molar-refractivity contribution in [1.82, 2.24) is 10.2 Å². The van der Waals surface area contributed by atoms with Crippen LogP contribution in [0.1, 0.15) is 18.9 Å². The molecule has 1 heterocycles. The molecule has 1 aliphatic heterocycles. The van der Waals surface area contributed by atoms with Gasteiger partial charge in [0.05, 0.1) is 0 Å². The van der Waals surface area contributed by atoms with Crippen LogP contribution in [0.4, 0.5) is 10.5 Å². The number of rotatable bonds is 5. The van der Waals surface area contributed by atoms with Crippen molar-refractivity contribution >= 4 is 57.7 Å². The van der Waals surface area contributed by atoms with Crippen molar-refractivity contribution in [2.24, 2.45) is 0 Å². The van der Waals surface area contributed by atoms with Crippen molar-refractivity contribution < 1.29 is 14.4 Å². The minimum Gasteiger partial charge on any atom is -0.324 e. The molecule has 1 unspecified atom stereocenters. The first-order valence-electron chi connectivity index (χ1n) is 8.31. The second-order valence-electron chi connectivity index (χ2n) is 6.15. The Labute approximate surface area is 175 Å². The Balaban J connectivity index is 1.78. The lowest BCUT2D eigenvalue weighted by atomic mass is 9.87. The van der Waals surface area contributed by atoms with Gasteiger partial charge in [-0.3, -0.25) is 14.5 Å². The summed E-state index contributed by atoms with van der Waals surface area (Å²) >= 11 is 8.06. The van der Waals surface area contributed by atoms with E-state index in [0.29, 0.717) is 22.7 Å². The van der Waals surface area contributed by atoms with Gasteiger partial charge in [0.25, 0.3) is 5.91 Å². The van der Waals surface area contributed by atoms with E-state index in [-0.39, 0.29) is 6.54 Å². The van der Waals surface area contributed by atoms with Crippen LogP contribution in [0.5, 0.6) is 0 Å². The SMILES string of the molecule is CCC1(c2ccc(Cl)cc2)NC(=O)N(CC(=O)Nc2cccc(I)c2)C1=O. The molecule has 2 N–H and O–H groups in total. The van der Waals surface area contributed by atoms with Crippen LogP contribution in [0.15, 0.2) is 48.5 Å². The largest absolute Gasteiger partial charge is 0.325 e. The van der Waals surface area contributed by atoms with Gasteiger partial charge < -0.3 is 10.6 Å². The van der Waals surface area contributed by atoms with Crippen LogP contribution >= 0.6 is 34.2 Å². The van der Waals surface area contributed by atoms with E-state index in [1.54, 1.807) is 36.4 Å². The number of benzene rings is 2. The molecule has 0 aliphatic carbocycles. The van der Waals surface area contributed by atoms with Gasteiger partial charge in [0.2, 0.25) is 5.91 Å². The minimum atomic E-state index is -1.19. The topological polar surface area (TPSA) is 78.5 Å². The maximum absolute atomic E-state index is 13.0. The van der Waals surface area contributed by atoms with E-state index < -0.39 is 23.4 Å². The molecule has 1 fully saturated rings. The summed E-state index contributed by atoms with van der Waals surface area (Å²) < 4.78 is 0.966. The van der Waals surface area contributed by atoms with E-state index >= 15 is 0 Å². The fraction of sp³-hybridized carbons (Fsp3) is 0.211. The first kappa shape index (κ1) is 19.6. The molecule has 0 radical (unpaired) electrons. The molecule has 0 aromatic heterocycles. The maximum Gasteiger partial charge on any atom is 0.325 e. The number of amides is 4. The number of hydrogen-bond acceptors (Lipinski definition) is 3. The smallest absolute Gasteiger partial charge is 0.324 e. The van der Waals surface area contributed by atoms with Gasteiger partial charge in [0.15, 0.2) is 0 Å². The number of anilines is 1. The number of halogens is 2. The van der Waals surface area contributed by atoms with Crippen molar-refractivity contribution in [3.8, 4) is 0 Å². The van der Waals surface area contributed by atoms with E-state index in [1.165, 1.54) is 0 Å². The highest BCUT2D eigenvalue weighted by atomic mass is 127. The molecule has 6 nitrogen and oxygen atoms in total. The molecule has 8 heteroatoms. The summed E-state index contributed by atoms with van der Waals surface area (Å²) in [5, 5.41) is 5.99. The Kier molecular flexibility index (Phi) is 5.71. The van der Waals surface area contributed by atoms with E-state index in [9.17, 15) is 14.4 Å². The Morgan fingerprint density at radius 2 is 1.93 bits per heavy atom. The van der Waals surface area contributed by atoms with E-state index in [0.717, 1.165) is 8.47 Å². The molecule has 0 bridgehead atoms. The number of nitrogens with zero attached hydrogens (tertiary/aromatic N) is 1. The zero-order chi connectivity index (χ0) is 19.6. The Hall–Kier alpha value is -2.13. The molecule has 1 atom stereocenters. The number of hydrogen-bond donors (Lipinski definition) is 2. The van der Waals surface area contributed by atoms with Gasteiger partial charge >= 0.3 is 6.03 Å². The zero-order valence-corrected chi connectivity index (χ0v) is 17.4. The minimum absolute atomic E-state index is 0.355. The fourth-order valence-electron chi connectivity index (χ4n) is 3.05. The van der Waals surface area contributed by atoms with E-state index in [2.05, 4.69) is 33.2 Å². The van der Waals surface area contributed by atoms with Crippen molar-refractivity contribution in [3.05, 3.63) is 62.7 Å². The van der Waals surface area contributed by atoms with Gasteiger partial charge in [0.1, 0.15) is 12.1 Å². The Morgan fingerprint density at radius 3 is 2.56 bits per heavy atom. The number of nitrogens with one attached hydrogen (secondary N) is 2. The molecule has 0 saturated carbocycles. The Morgan fingerprint density at radius 1 is 1.22 bits per heavy atom. The van der Waals surface area contributed by atoms with Crippen LogP contribution in [-0.2, 0) is 15.1 Å². The summed E-state index contributed by atoms with van der Waals surface area (Å²) in [6, 6.07) is 13.4. The summed E-state index contributed by atoms with van der Waals surface area (Å²) in [4.78, 5) is 38.7. The van der Waals surface area contributed by atoms with Crippen LogP contribution in [0, 0.1) is 3.57 Å². The van der Waals surface area contributed by atoms with Gasteiger partial charge in [-0.25, -0.2) is 4.79 Å². The number of carbonyl (C=O) groups excluding carboxylic acids is 3. The fourth-order valence-corrected chi connectivity index (χ4v) is 3.72. The van der Waals surface area contributed by atoms with Gasteiger partial charge in [-0.2, -0.15) is 0 Å². The van der Waals surface area contributed by atoms with Crippen LogP contribution < -0.4 is 10.6 Å². The van der Waals surface area contributed by atoms with E-state index in [1.807, 2.05) is 19.1 Å². The van der Waals surface area contributed by atoms with Crippen LogP contribution in [-0.4, -0.2) is 29.3 Å². The highest BCUT2D eigenvalue weighted by molar-refractivity contribution is 14.1. The lowest BCUT2D eigenvalue weighted by Crippen LogP contribution is -2.44. The molecule has 2 aromatic rings. The zero-order valence-electron chi connectivity index (χ0n) is 14.5. The molecule has 140 valence electrons. The highest BCUT2D eigenvalue weighted by Crippen LogP contribution is 2.33. The predicted molar refractivity (Wildman–Crippen MR) is 111 cm³/mol. The Bertz CT molecular complexity index is 903. The lowest BCUT2D eigenvalue weighted by molar-refractivity contribution is -0.134. The molecule has 0 spiro atoms. The van der Waals surface area contributed by atoms with Gasteiger partial charge in [-0.15, -0.1) is 0 Å². The normalized spacial score (nSPS) is 19.1. The van der Waals surface area contributed by atoms with Crippen molar-refractivity contribution in [1.29, 1.82) is 0 Å². The molecule has 4 amide bonds. The molecular formula is C19H17ClIN3O3. The van der Waals surface area contributed by atoms with Crippen molar-refractivity contribution in [3.63, 3.8) is 0 Å². The lowest BCUT2D eigenvalue weighted by Gasteiger charge is -2.25. The summed E-state index contributed by atoms with van der Waals surface area (Å²) in [5.41, 5.74) is 0.0519. The molecule has 3 rings (SSSR count). The quantitative estimate of drug-likeness (QED) is 0.488. The number of urea groups is 1. The molecule has 2 aromatic carbocycles. The van der Waals surface area contributed by atoms with Gasteiger partial charge in [0, 0.05) is 14.3 Å². The van der Waals surface area contributed by atoms with Crippen molar-refractivity contribution in [2.75, 3.05) is 11.9 Å². The van der Waals surface area contributed by atoms with Crippen LogP contribution in [0.25, 0.3) is 0 Å². The van der Waals surface area contributed by atoms with Crippen molar-refractivity contribution in [2.45, 2.75) is 18.9 Å². The van der Waals surface area contributed by atoms with Crippen LogP contribution in [0.3, 0.4) is 0 Å². The molecule has 27 heavy (non-hydrogen) atoms. The molecule has 1 saturated heterocycles. The number of carbonyl (C=O) groups is 3. The van der Waals surface area contributed by atoms with Gasteiger partial charge in [-0.05, 0) is 64.9 Å². The number of imide groups is 1. The van der Waals surface area contributed by atoms with Gasteiger partial charge in [-0.1, -0.05) is 36.7 Å². The average Bonchev–Trinajstić information content (AvgIpc) is 2.87. The third-order valence-electron chi connectivity index (χ3n) is 4.45. The predicted octanol–water partition coefficient (Wildman–Crippen LogP) is 3.74. The summed E-state index contributed by atoms with van der Waals surface area (Å²) in [7, 11) is 0. The van der Waals surface area contributed by atoms with Crippen LogP contribution in [0.2, 0.25) is 5.02 Å². The molecular weight excluding hydrogens is 481 g/mol. The maximum atomic E-state index is 13.0. The second-order valence-corrected chi connectivity index (χ2v) is 7.83. The van der Waals surface area contributed by atoms with E-state index in [4.69, 9.17) is 11.6 Å². The second kappa shape index (κ2) is 7.85. The molecule has 1 aliphatic rings.